The zero-order valence-electron chi connectivity index (χ0n) is 10.4. The van der Waals surface area contributed by atoms with Gasteiger partial charge < -0.3 is 5.73 Å². The maximum absolute atomic E-state index is 12.5. The van der Waals surface area contributed by atoms with Gasteiger partial charge in [-0.3, -0.25) is 0 Å². The van der Waals surface area contributed by atoms with Crippen molar-refractivity contribution in [3.8, 4) is 5.69 Å². The molecule has 1 aromatic heterocycles. The molecule has 0 radical (unpaired) electrons. The van der Waals surface area contributed by atoms with Gasteiger partial charge in [-0.1, -0.05) is 6.92 Å². The lowest BCUT2D eigenvalue weighted by atomic mass is 10.1. The highest BCUT2D eigenvalue weighted by atomic mass is 19.4. The first-order valence-electron chi connectivity index (χ1n) is 5.85. The van der Waals surface area contributed by atoms with Crippen LogP contribution in [-0.2, 0) is 6.18 Å². The topological polar surface area (TPSA) is 43.8 Å². The van der Waals surface area contributed by atoms with Crippen molar-refractivity contribution in [2.24, 2.45) is 5.73 Å². The number of aromatic nitrogens is 2. The second-order valence-corrected chi connectivity index (χ2v) is 4.35. The minimum atomic E-state index is -4.32. The number of halogens is 3. The average molecular weight is 269 g/mol. The minimum Gasteiger partial charge on any atom is -0.330 e. The SMILES string of the molecule is CC(CN)c1ccnn1-c1ccc(C(F)(F)F)cc1. The van der Waals surface area contributed by atoms with Gasteiger partial charge in [0, 0.05) is 24.4 Å². The van der Waals surface area contributed by atoms with E-state index in [2.05, 4.69) is 5.10 Å². The summed E-state index contributed by atoms with van der Waals surface area (Å²) in [5.74, 6) is 0.0878. The van der Waals surface area contributed by atoms with Crippen LogP contribution in [0.1, 0.15) is 24.1 Å². The molecule has 2 aromatic rings. The number of rotatable bonds is 3. The first-order chi connectivity index (χ1) is 8.93. The van der Waals surface area contributed by atoms with E-state index in [1.165, 1.54) is 12.1 Å². The normalized spacial score (nSPS) is 13.5. The Morgan fingerprint density at radius 3 is 2.37 bits per heavy atom. The van der Waals surface area contributed by atoms with Gasteiger partial charge in [0.25, 0.3) is 0 Å². The monoisotopic (exact) mass is 269 g/mol. The van der Waals surface area contributed by atoms with E-state index < -0.39 is 11.7 Å². The van der Waals surface area contributed by atoms with Gasteiger partial charge in [0.15, 0.2) is 0 Å². The van der Waals surface area contributed by atoms with E-state index in [4.69, 9.17) is 5.73 Å². The van der Waals surface area contributed by atoms with Crippen LogP contribution in [-0.4, -0.2) is 16.3 Å². The number of nitrogens with zero attached hydrogens (tertiary/aromatic N) is 2. The summed E-state index contributed by atoms with van der Waals surface area (Å²) in [5.41, 5.74) is 6.40. The highest BCUT2D eigenvalue weighted by Crippen LogP contribution is 2.30. The van der Waals surface area contributed by atoms with Crippen LogP contribution in [0.5, 0.6) is 0 Å². The third-order valence-corrected chi connectivity index (χ3v) is 2.97. The van der Waals surface area contributed by atoms with Crippen molar-refractivity contribution in [3.05, 3.63) is 47.8 Å². The Balaban J connectivity index is 2.36. The fourth-order valence-corrected chi connectivity index (χ4v) is 1.81. The summed E-state index contributed by atoms with van der Waals surface area (Å²) in [6.07, 6.45) is -2.71. The molecule has 3 nitrogen and oxygen atoms in total. The van der Waals surface area contributed by atoms with E-state index in [-0.39, 0.29) is 5.92 Å². The Morgan fingerprint density at radius 1 is 1.21 bits per heavy atom. The Hall–Kier alpha value is -1.82. The molecule has 1 unspecified atom stereocenters. The molecule has 102 valence electrons. The van der Waals surface area contributed by atoms with Crippen LogP contribution in [0, 0.1) is 0 Å². The van der Waals surface area contributed by atoms with Gasteiger partial charge in [0.1, 0.15) is 0 Å². The second-order valence-electron chi connectivity index (χ2n) is 4.35. The number of hydrogen-bond acceptors (Lipinski definition) is 2. The fraction of sp³-hybridized carbons (Fsp3) is 0.308. The molecule has 0 saturated heterocycles. The quantitative estimate of drug-likeness (QED) is 0.931. The largest absolute Gasteiger partial charge is 0.416 e. The van der Waals surface area contributed by atoms with E-state index in [1.54, 1.807) is 10.9 Å². The van der Waals surface area contributed by atoms with E-state index in [0.717, 1.165) is 17.8 Å². The number of hydrogen-bond donors (Lipinski definition) is 1. The Morgan fingerprint density at radius 2 is 1.84 bits per heavy atom. The van der Waals surface area contributed by atoms with Crippen LogP contribution in [0.2, 0.25) is 0 Å². The summed E-state index contributed by atoms with van der Waals surface area (Å²) in [5, 5.41) is 4.13. The molecule has 0 aliphatic heterocycles. The fourth-order valence-electron chi connectivity index (χ4n) is 1.81. The molecule has 19 heavy (non-hydrogen) atoms. The Labute approximate surface area is 108 Å². The van der Waals surface area contributed by atoms with E-state index in [0.29, 0.717) is 12.2 Å². The summed E-state index contributed by atoms with van der Waals surface area (Å²) in [6.45, 7) is 2.39. The molecule has 0 aliphatic rings. The summed E-state index contributed by atoms with van der Waals surface area (Å²) in [7, 11) is 0. The molecule has 2 rings (SSSR count). The standard InChI is InChI=1S/C13H14F3N3/c1-9(8-17)12-6-7-18-19(12)11-4-2-10(3-5-11)13(14,15)16/h2-7,9H,8,17H2,1H3. The summed E-state index contributed by atoms with van der Waals surface area (Å²) >= 11 is 0. The van der Waals surface area contributed by atoms with Gasteiger partial charge in [-0.25, -0.2) is 4.68 Å². The van der Waals surface area contributed by atoms with Gasteiger partial charge in [-0.15, -0.1) is 0 Å². The summed E-state index contributed by atoms with van der Waals surface area (Å²) in [6, 6.07) is 6.72. The minimum absolute atomic E-state index is 0.0878. The van der Waals surface area contributed by atoms with E-state index >= 15 is 0 Å². The maximum atomic E-state index is 12.5. The summed E-state index contributed by atoms with van der Waals surface area (Å²) < 4.78 is 39.1. The lowest BCUT2D eigenvalue weighted by molar-refractivity contribution is -0.137. The molecule has 1 aromatic carbocycles. The molecule has 0 bridgehead atoms. The molecule has 0 amide bonds. The molecule has 2 N–H and O–H groups in total. The smallest absolute Gasteiger partial charge is 0.330 e. The number of nitrogens with two attached hydrogens (primary N) is 1. The van der Waals surface area contributed by atoms with Crippen LogP contribution in [0.15, 0.2) is 36.5 Å². The second kappa shape index (κ2) is 5.05. The van der Waals surface area contributed by atoms with Crippen LogP contribution in [0.3, 0.4) is 0 Å². The number of alkyl halides is 3. The van der Waals surface area contributed by atoms with Crippen LogP contribution in [0.25, 0.3) is 5.69 Å². The van der Waals surface area contributed by atoms with E-state index in [9.17, 15) is 13.2 Å². The van der Waals surface area contributed by atoms with Gasteiger partial charge in [-0.2, -0.15) is 18.3 Å². The van der Waals surface area contributed by atoms with Crippen molar-refractivity contribution in [1.29, 1.82) is 0 Å². The molecule has 1 heterocycles. The summed E-state index contributed by atoms with van der Waals surface area (Å²) in [4.78, 5) is 0. The van der Waals surface area contributed by atoms with Gasteiger partial charge in [0.2, 0.25) is 0 Å². The van der Waals surface area contributed by atoms with Crippen LogP contribution in [0.4, 0.5) is 13.2 Å². The first-order valence-corrected chi connectivity index (χ1v) is 5.85. The van der Waals surface area contributed by atoms with E-state index in [1.807, 2.05) is 13.0 Å². The molecule has 6 heteroatoms. The third-order valence-electron chi connectivity index (χ3n) is 2.97. The molecule has 0 aliphatic carbocycles. The maximum Gasteiger partial charge on any atom is 0.416 e. The van der Waals surface area contributed by atoms with Crippen molar-refractivity contribution in [2.75, 3.05) is 6.54 Å². The van der Waals surface area contributed by atoms with Gasteiger partial charge in [0.05, 0.1) is 11.3 Å². The molecule has 1 atom stereocenters. The first kappa shape index (κ1) is 13.6. The molecular formula is C13H14F3N3. The van der Waals surface area contributed by atoms with Crippen molar-refractivity contribution >= 4 is 0 Å². The lowest BCUT2D eigenvalue weighted by Gasteiger charge is -2.13. The van der Waals surface area contributed by atoms with Gasteiger partial charge in [-0.05, 0) is 30.3 Å². The lowest BCUT2D eigenvalue weighted by Crippen LogP contribution is -2.14. The van der Waals surface area contributed by atoms with Gasteiger partial charge >= 0.3 is 6.18 Å². The molecule has 0 spiro atoms. The number of benzene rings is 1. The molecule has 0 saturated carbocycles. The van der Waals surface area contributed by atoms with Crippen molar-refractivity contribution < 1.29 is 13.2 Å². The van der Waals surface area contributed by atoms with Crippen molar-refractivity contribution in [2.45, 2.75) is 19.0 Å². The van der Waals surface area contributed by atoms with Crippen molar-refractivity contribution in [3.63, 3.8) is 0 Å². The predicted octanol–water partition coefficient (Wildman–Crippen LogP) is 2.95. The van der Waals surface area contributed by atoms with Crippen LogP contribution >= 0.6 is 0 Å². The van der Waals surface area contributed by atoms with Crippen LogP contribution < -0.4 is 5.73 Å². The molecular weight excluding hydrogens is 255 g/mol. The zero-order chi connectivity index (χ0) is 14.0. The Kier molecular flexibility index (Phi) is 3.61. The van der Waals surface area contributed by atoms with Crippen molar-refractivity contribution in [1.82, 2.24) is 9.78 Å². The predicted molar refractivity (Wildman–Crippen MR) is 66.0 cm³/mol. The third kappa shape index (κ3) is 2.78. The zero-order valence-corrected chi connectivity index (χ0v) is 10.4. The molecule has 0 fully saturated rings. The highest BCUT2D eigenvalue weighted by molar-refractivity contribution is 5.37. The average Bonchev–Trinajstić information content (AvgIpc) is 2.86. The Bertz CT molecular complexity index is 543. The highest BCUT2D eigenvalue weighted by Gasteiger charge is 2.30.